The zero-order valence-electron chi connectivity index (χ0n) is 24.6. The number of aromatic nitrogens is 1. The second-order valence-corrected chi connectivity index (χ2v) is 10.5. The van der Waals surface area contributed by atoms with E-state index in [9.17, 15) is 9.59 Å². The fourth-order valence-electron chi connectivity index (χ4n) is 4.89. The number of piperazine rings is 1. The summed E-state index contributed by atoms with van der Waals surface area (Å²) in [6, 6.07) is 23.0. The molecular formula is C32H38N6O4. The van der Waals surface area contributed by atoms with Crippen molar-refractivity contribution < 1.29 is 19.5 Å². The highest BCUT2D eigenvalue weighted by Gasteiger charge is 2.21. The van der Waals surface area contributed by atoms with E-state index in [0.717, 1.165) is 34.6 Å². The Bertz CT molecular complexity index is 1510. The maximum absolute atomic E-state index is 12.9. The van der Waals surface area contributed by atoms with Gasteiger partial charge < -0.3 is 30.8 Å². The molecule has 10 heteroatoms. The van der Waals surface area contributed by atoms with Crippen molar-refractivity contribution >= 4 is 34.1 Å². The van der Waals surface area contributed by atoms with Crippen LogP contribution in [0.25, 0.3) is 10.8 Å². The third-order valence-electron chi connectivity index (χ3n) is 6.58. The van der Waals surface area contributed by atoms with Crippen molar-refractivity contribution in [2.75, 3.05) is 44.4 Å². The number of nitrogens with zero attached hydrogens (tertiary/aromatic N) is 3. The summed E-state index contributed by atoms with van der Waals surface area (Å²) in [6.07, 6.45) is 1.59. The van der Waals surface area contributed by atoms with Crippen LogP contribution >= 0.6 is 0 Å². The SMILES string of the molecule is CN(C)O.CNC(=O)c1cccc2cc(Oc3ccnc(NC(=O)c4ccc(N5CC(C)NC(C)C5)cc4)c3)ccc12. The molecule has 0 radical (unpaired) electrons. The van der Waals surface area contributed by atoms with Crippen molar-refractivity contribution in [3.63, 3.8) is 0 Å². The molecule has 2 amide bonds. The summed E-state index contributed by atoms with van der Waals surface area (Å²) in [5.74, 6) is 1.16. The second-order valence-electron chi connectivity index (χ2n) is 10.5. The molecule has 5 rings (SSSR count). The number of nitrogens with one attached hydrogen (secondary N) is 3. The minimum atomic E-state index is -0.240. The van der Waals surface area contributed by atoms with Crippen LogP contribution in [-0.2, 0) is 0 Å². The monoisotopic (exact) mass is 570 g/mol. The van der Waals surface area contributed by atoms with Crippen molar-refractivity contribution in [3.8, 4) is 11.5 Å². The number of rotatable bonds is 6. The number of hydroxylamine groups is 2. The third-order valence-corrected chi connectivity index (χ3v) is 6.58. The number of carbonyl (C=O) groups is 2. The van der Waals surface area contributed by atoms with Crippen LogP contribution in [-0.4, -0.2) is 73.4 Å². The molecule has 3 aromatic carbocycles. The smallest absolute Gasteiger partial charge is 0.256 e. The molecule has 0 spiro atoms. The Kier molecular flexibility index (Phi) is 10.1. The van der Waals surface area contributed by atoms with E-state index < -0.39 is 0 Å². The summed E-state index contributed by atoms with van der Waals surface area (Å²) >= 11 is 0. The van der Waals surface area contributed by atoms with Gasteiger partial charge in [0.05, 0.1) is 0 Å². The highest BCUT2D eigenvalue weighted by Crippen LogP contribution is 2.28. The van der Waals surface area contributed by atoms with Crippen LogP contribution in [0.3, 0.4) is 0 Å². The van der Waals surface area contributed by atoms with Crippen LogP contribution in [0, 0.1) is 0 Å². The molecule has 1 aliphatic heterocycles. The van der Waals surface area contributed by atoms with Crippen molar-refractivity contribution in [2.24, 2.45) is 0 Å². The van der Waals surface area contributed by atoms with Crippen molar-refractivity contribution in [1.82, 2.24) is 20.7 Å². The van der Waals surface area contributed by atoms with Gasteiger partial charge in [-0.3, -0.25) is 9.59 Å². The Hall–Kier alpha value is -4.51. The molecule has 4 aromatic rings. The lowest BCUT2D eigenvalue weighted by atomic mass is 10.0. The highest BCUT2D eigenvalue weighted by atomic mass is 16.5. The van der Waals surface area contributed by atoms with E-state index in [1.807, 2.05) is 54.6 Å². The zero-order chi connectivity index (χ0) is 30.2. The first kappa shape index (κ1) is 30.4. The number of anilines is 2. The van der Waals surface area contributed by atoms with Gasteiger partial charge >= 0.3 is 0 Å². The molecule has 2 atom stereocenters. The van der Waals surface area contributed by atoms with Crippen LogP contribution in [0.4, 0.5) is 11.5 Å². The average Bonchev–Trinajstić information content (AvgIpc) is 2.96. The molecule has 220 valence electrons. The molecule has 0 bridgehead atoms. The van der Waals surface area contributed by atoms with Crippen LogP contribution in [0.15, 0.2) is 79.0 Å². The minimum absolute atomic E-state index is 0.138. The second kappa shape index (κ2) is 13.9. The molecule has 0 aliphatic carbocycles. The van der Waals surface area contributed by atoms with Gasteiger partial charge in [-0.15, -0.1) is 0 Å². The molecule has 1 saturated heterocycles. The first-order chi connectivity index (χ1) is 20.1. The van der Waals surface area contributed by atoms with Crippen molar-refractivity contribution in [1.29, 1.82) is 0 Å². The normalized spacial score (nSPS) is 16.4. The van der Waals surface area contributed by atoms with E-state index in [4.69, 9.17) is 9.94 Å². The lowest BCUT2D eigenvalue weighted by Gasteiger charge is -2.37. The van der Waals surface area contributed by atoms with Crippen molar-refractivity contribution in [3.05, 3.63) is 90.1 Å². The number of ether oxygens (including phenoxy) is 1. The van der Waals surface area contributed by atoms with Crippen LogP contribution in [0.2, 0.25) is 0 Å². The first-order valence-electron chi connectivity index (χ1n) is 13.8. The number of hydrogen-bond donors (Lipinski definition) is 4. The van der Waals surface area contributed by atoms with E-state index in [1.165, 1.54) is 0 Å². The lowest BCUT2D eigenvalue weighted by molar-refractivity contribution is -0.0372. The molecule has 2 heterocycles. The van der Waals surface area contributed by atoms with Crippen LogP contribution in [0.5, 0.6) is 11.5 Å². The summed E-state index contributed by atoms with van der Waals surface area (Å²) < 4.78 is 6.04. The van der Waals surface area contributed by atoms with Gasteiger partial charge in [-0.25, -0.2) is 4.98 Å². The van der Waals surface area contributed by atoms with Gasteiger partial charge in [0.2, 0.25) is 0 Å². The zero-order valence-corrected chi connectivity index (χ0v) is 24.6. The van der Waals surface area contributed by atoms with E-state index in [1.54, 1.807) is 45.5 Å². The van der Waals surface area contributed by atoms with Crippen LogP contribution in [0.1, 0.15) is 34.6 Å². The van der Waals surface area contributed by atoms with Gasteiger partial charge in [-0.05, 0) is 79.2 Å². The number of hydrogen-bond acceptors (Lipinski definition) is 8. The molecule has 2 unspecified atom stereocenters. The van der Waals surface area contributed by atoms with E-state index >= 15 is 0 Å². The maximum atomic E-state index is 12.9. The Balaban J connectivity index is 0.000000952. The fourth-order valence-corrected chi connectivity index (χ4v) is 4.89. The number of benzene rings is 3. The molecule has 1 aromatic heterocycles. The van der Waals surface area contributed by atoms with E-state index in [2.05, 4.69) is 39.7 Å². The minimum Gasteiger partial charge on any atom is -0.457 e. The predicted octanol–water partition coefficient (Wildman–Crippen LogP) is 4.76. The summed E-state index contributed by atoms with van der Waals surface area (Å²) in [5, 5.41) is 19.7. The summed E-state index contributed by atoms with van der Waals surface area (Å²) in [6.45, 7) is 6.22. The Morgan fingerprint density at radius 1 is 0.952 bits per heavy atom. The molecule has 42 heavy (non-hydrogen) atoms. The predicted molar refractivity (Wildman–Crippen MR) is 166 cm³/mol. The number of amides is 2. The molecule has 1 fully saturated rings. The van der Waals surface area contributed by atoms with Gasteiger partial charge in [-0.1, -0.05) is 12.1 Å². The Morgan fingerprint density at radius 3 is 2.29 bits per heavy atom. The van der Waals surface area contributed by atoms with Gasteiger partial charge in [0.15, 0.2) is 0 Å². The van der Waals surface area contributed by atoms with E-state index in [-0.39, 0.29) is 11.8 Å². The molecule has 10 nitrogen and oxygen atoms in total. The number of carbonyl (C=O) groups excluding carboxylic acids is 2. The average molecular weight is 571 g/mol. The molecule has 4 N–H and O–H groups in total. The van der Waals surface area contributed by atoms with Gasteiger partial charge in [0.1, 0.15) is 17.3 Å². The fraction of sp³-hybridized carbons (Fsp3) is 0.281. The lowest BCUT2D eigenvalue weighted by Crippen LogP contribution is -2.54. The van der Waals surface area contributed by atoms with Gasteiger partial charge in [0.25, 0.3) is 11.8 Å². The topological polar surface area (TPSA) is 119 Å². The number of fused-ring (bicyclic) bond motifs is 1. The van der Waals surface area contributed by atoms with Gasteiger partial charge in [-0.2, -0.15) is 5.06 Å². The van der Waals surface area contributed by atoms with Crippen LogP contribution < -0.4 is 25.6 Å². The van der Waals surface area contributed by atoms with Crippen molar-refractivity contribution in [2.45, 2.75) is 25.9 Å². The van der Waals surface area contributed by atoms with E-state index in [0.29, 0.717) is 40.5 Å². The quantitative estimate of drug-likeness (QED) is 0.245. The Labute approximate surface area is 246 Å². The first-order valence-corrected chi connectivity index (χ1v) is 13.8. The molecule has 0 saturated carbocycles. The summed E-state index contributed by atoms with van der Waals surface area (Å²) in [5.41, 5.74) is 2.27. The van der Waals surface area contributed by atoms with Gasteiger partial charge in [0, 0.05) is 75.4 Å². The maximum Gasteiger partial charge on any atom is 0.256 e. The molecular weight excluding hydrogens is 532 g/mol. The summed E-state index contributed by atoms with van der Waals surface area (Å²) in [4.78, 5) is 31.6. The third kappa shape index (κ3) is 8.03. The highest BCUT2D eigenvalue weighted by molar-refractivity contribution is 6.07. The standard InChI is InChI=1S/C30H31N5O3.C2H7NO/c1-19-17-35(18-20(2)33-19)23-9-7-21(8-10-23)29(36)34-28-16-25(13-14-32-28)38-24-11-12-26-22(15-24)5-4-6-27(26)30(37)31-3;1-3(2)4/h4-16,19-20,33H,17-18H2,1-3H3,(H,31,37)(H,32,34,36);4H,1-2H3. The molecule has 1 aliphatic rings. The number of pyridine rings is 1. The largest absolute Gasteiger partial charge is 0.457 e. The Morgan fingerprint density at radius 2 is 1.62 bits per heavy atom. The summed E-state index contributed by atoms with van der Waals surface area (Å²) in [7, 11) is 4.72.